The second kappa shape index (κ2) is 11.8. The van der Waals surface area contributed by atoms with E-state index in [2.05, 4.69) is 16.0 Å². The number of hydrogen-bond acceptors (Lipinski definition) is 5. The Morgan fingerprint density at radius 1 is 0.871 bits per heavy atom. The van der Waals surface area contributed by atoms with Crippen LogP contribution in [-0.4, -0.2) is 38.6 Å². The van der Waals surface area contributed by atoms with E-state index in [9.17, 15) is 9.59 Å². The van der Waals surface area contributed by atoms with Crippen LogP contribution in [0.2, 0.25) is 0 Å². The third-order valence-corrected chi connectivity index (χ3v) is 5.42. The zero-order valence-electron chi connectivity index (χ0n) is 17.3. The molecule has 0 fully saturated rings. The van der Waals surface area contributed by atoms with Crippen LogP contribution in [0.5, 0.6) is 0 Å². The van der Waals surface area contributed by atoms with Gasteiger partial charge < -0.3 is 20.7 Å². The lowest BCUT2D eigenvalue weighted by Crippen LogP contribution is -2.28. The van der Waals surface area contributed by atoms with Crippen molar-refractivity contribution in [3.8, 4) is 0 Å². The number of rotatable bonds is 10. The number of benzene rings is 3. The lowest BCUT2D eigenvalue weighted by molar-refractivity contribution is -0.114. The maximum atomic E-state index is 12.6. The van der Waals surface area contributed by atoms with Crippen LogP contribution in [0.15, 0.2) is 88.7 Å². The summed E-state index contributed by atoms with van der Waals surface area (Å²) in [5.41, 5.74) is 1.82. The summed E-state index contributed by atoms with van der Waals surface area (Å²) in [6.45, 7) is 0.886. The predicted octanol–water partition coefficient (Wildman–Crippen LogP) is 4.26. The first-order chi connectivity index (χ1) is 15.2. The predicted molar refractivity (Wildman–Crippen MR) is 125 cm³/mol. The summed E-state index contributed by atoms with van der Waals surface area (Å²) in [5, 5.41) is 8.81. The summed E-state index contributed by atoms with van der Waals surface area (Å²) in [5.74, 6) is -0.416. The molecule has 0 aliphatic carbocycles. The minimum Gasteiger partial charge on any atom is -0.383 e. The van der Waals surface area contributed by atoms with Crippen molar-refractivity contribution in [3.05, 3.63) is 84.4 Å². The van der Waals surface area contributed by atoms with E-state index in [-0.39, 0.29) is 18.4 Å². The smallest absolute Gasteiger partial charge is 0.253 e. The fraction of sp³-hybridized carbons (Fsp3) is 0.167. The highest BCUT2D eigenvalue weighted by Crippen LogP contribution is 2.33. The Labute approximate surface area is 186 Å². The van der Waals surface area contributed by atoms with E-state index >= 15 is 0 Å². The standard InChI is InChI=1S/C24H25N3O3S/c1-30-16-15-25-24(29)19-11-5-6-12-20(19)26-17-23(28)27-21-13-7-8-14-22(21)31-18-9-3-2-4-10-18/h2-14,26H,15-17H2,1H3,(H,25,29)(H,27,28). The van der Waals surface area contributed by atoms with Gasteiger partial charge in [0.05, 0.1) is 24.4 Å². The molecule has 0 aliphatic rings. The van der Waals surface area contributed by atoms with Crippen molar-refractivity contribution in [1.82, 2.24) is 5.32 Å². The molecule has 3 aromatic carbocycles. The largest absolute Gasteiger partial charge is 0.383 e. The number of hydrogen-bond donors (Lipinski definition) is 3. The van der Waals surface area contributed by atoms with E-state index in [1.54, 1.807) is 37.1 Å². The number of carbonyl (C=O) groups excluding carboxylic acids is 2. The zero-order chi connectivity index (χ0) is 21.9. The Morgan fingerprint density at radius 3 is 2.32 bits per heavy atom. The average molecular weight is 436 g/mol. The van der Waals surface area contributed by atoms with Crippen LogP contribution >= 0.6 is 11.8 Å². The third-order valence-electron chi connectivity index (χ3n) is 4.33. The first-order valence-electron chi connectivity index (χ1n) is 9.89. The van der Waals surface area contributed by atoms with Gasteiger partial charge in [0.15, 0.2) is 0 Å². The second-order valence-corrected chi connectivity index (χ2v) is 7.72. The summed E-state index contributed by atoms with van der Waals surface area (Å²) in [6.07, 6.45) is 0. The highest BCUT2D eigenvalue weighted by atomic mass is 32.2. The van der Waals surface area contributed by atoms with Crippen molar-refractivity contribution in [1.29, 1.82) is 0 Å². The number of carbonyl (C=O) groups is 2. The number of amides is 2. The van der Waals surface area contributed by atoms with Crippen LogP contribution < -0.4 is 16.0 Å². The Morgan fingerprint density at radius 2 is 1.55 bits per heavy atom. The van der Waals surface area contributed by atoms with Crippen LogP contribution in [0.4, 0.5) is 11.4 Å². The second-order valence-electron chi connectivity index (χ2n) is 6.61. The zero-order valence-corrected chi connectivity index (χ0v) is 18.1. The van der Waals surface area contributed by atoms with Gasteiger partial charge in [-0.05, 0) is 36.4 Å². The lowest BCUT2D eigenvalue weighted by Gasteiger charge is -2.14. The topological polar surface area (TPSA) is 79.5 Å². The van der Waals surface area contributed by atoms with Gasteiger partial charge in [0.2, 0.25) is 5.91 Å². The Balaban J connectivity index is 1.61. The molecule has 0 saturated carbocycles. The van der Waals surface area contributed by atoms with Crippen molar-refractivity contribution in [2.24, 2.45) is 0 Å². The van der Waals surface area contributed by atoms with Gasteiger partial charge in [0.25, 0.3) is 5.91 Å². The normalized spacial score (nSPS) is 10.4. The molecule has 0 bridgehead atoms. The van der Waals surface area contributed by atoms with E-state index in [1.807, 2.05) is 60.7 Å². The van der Waals surface area contributed by atoms with Gasteiger partial charge in [-0.1, -0.05) is 54.2 Å². The number of ether oxygens (including phenoxy) is 1. The average Bonchev–Trinajstić information content (AvgIpc) is 2.80. The van der Waals surface area contributed by atoms with Crippen LogP contribution in [0, 0.1) is 0 Å². The number of anilines is 2. The molecule has 160 valence electrons. The van der Waals surface area contributed by atoms with Crippen molar-refractivity contribution in [2.75, 3.05) is 37.4 Å². The first kappa shape index (κ1) is 22.4. The lowest BCUT2D eigenvalue weighted by atomic mass is 10.1. The molecule has 0 radical (unpaired) electrons. The molecular formula is C24H25N3O3S. The minimum atomic E-state index is -0.217. The van der Waals surface area contributed by atoms with Gasteiger partial charge in [0.1, 0.15) is 0 Å². The van der Waals surface area contributed by atoms with Gasteiger partial charge >= 0.3 is 0 Å². The number of para-hydroxylation sites is 2. The van der Waals surface area contributed by atoms with E-state index < -0.39 is 0 Å². The van der Waals surface area contributed by atoms with Crippen LogP contribution in [0.3, 0.4) is 0 Å². The van der Waals surface area contributed by atoms with Gasteiger partial charge in [-0.2, -0.15) is 0 Å². The summed E-state index contributed by atoms with van der Waals surface area (Å²) >= 11 is 1.59. The van der Waals surface area contributed by atoms with Crippen LogP contribution in [-0.2, 0) is 9.53 Å². The van der Waals surface area contributed by atoms with Gasteiger partial charge in [0, 0.05) is 29.1 Å². The quantitative estimate of drug-likeness (QED) is 0.415. The first-order valence-corrected chi connectivity index (χ1v) is 10.7. The van der Waals surface area contributed by atoms with Crippen LogP contribution in [0.25, 0.3) is 0 Å². The highest BCUT2D eigenvalue weighted by Gasteiger charge is 2.12. The van der Waals surface area contributed by atoms with Crippen molar-refractivity contribution in [2.45, 2.75) is 9.79 Å². The molecule has 2 amide bonds. The minimum absolute atomic E-state index is 0.0344. The summed E-state index contributed by atoms with van der Waals surface area (Å²) in [4.78, 5) is 27.0. The molecular weight excluding hydrogens is 410 g/mol. The Bertz CT molecular complexity index is 1010. The number of nitrogens with one attached hydrogen (secondary N) is 3. The maximum absolute atomic E-state index is 12.6. The molecule has 0 atom stereocenters. The Hall–Kier alpha value is -3.29. The van der Waals surface area contributed by atoms with Crippen molar-refractivity contribution < 1.29 is 14.3 Å². The molecule has 6 nitrogen and oxygen atoms in total. The Kier molecular flexibility index (Phi) is 8.51. The third kappa shape index (κ3) is 6.87. The number of methoxy groups -OCH3 is 1. The molecule has 31 heavy (non-hydrogen) atoms. The highest BCUT2D eigenvalue weighted by molar-refractivity contribution is 7.99. The fourth-order valence-corrected chi connectivity index (χ4v) is 3.76. The molecule has 0 saturated heterocycles. The molecule has 0 unspecified atom stereocenters. The summed E-state index contributed by atoms with van der Waals surface area (Å²) in [7, 11) is 1.58. The van der Waals surface area contributed by atoms with E-state index in [0.717, 1.165) is 15.5 Å². The van der Waals surface area contributed by atoms with Crippen LogP contribution in [0.1, 0.15) is 10.4 Å². The van der Waals surface area contributed by atoms with Gasteiger partial charge in [-0.15, -0.1) is 0 Å². The summed E-state index contributed by atoms with van der Waals surface area (Å²) < 4.78 is 4.96. The SMILES string of the molecule is COCCNC(=O)c1ccccc1NCC(=O)Nc1ccccc1Sc1ccccc1. The molecule has 3 aromatic rings. The van der Waals surface area contributed by atoms with Gasteiger partial charge in [-0.3, -0.25) is 9.59 Å². The van der Waals surface area contributed by atoms with Crippen molar-refractivity contribution in [3.63, 3.8) is 0 Å². The fourth-order valence-electron chi connectivity index (χ4n) is 2.84. The molecule has 7 heteroatoms. The van der Waals surface area contributed by atoms with Gasteiger partial charge in [-0.25, -0.2) is 0 Å². The molecule has 0 heterocycles. The molecule has 0 spiro atoms. The van der Waals surface area contributed by atoms with E-state index in [1.165, 1.54) is 0 Å². The monoisotopic (exact) mass is 435 g/mol. The molecule has 0 aliphatic heterocycles. The van der Waals surface area contributed by atoms with Crippen molar-refractivity contribution >= 4 is 35.0 Å². The molecule has 0 aromatic heterocycles. The maximum Gasteiger partial charge on any atom is 0.253 e. The van der Waals surface area contributed by atoms with E-state index in [4.69, 9.17) is 4.74 Å². The molecule has 3 N–H and O–H groups in total. The summed E-state index contributed by atoms with van der Waals surface area (Å²) in [6, 6.07) is 24.8. The molecule has 3 rings (SSSR count). The van der Waals surface area contributed by atoms with E-state index in [0.29, 0.717) is 24.4 Å².